The second-order valence-corrected chi connectivity index (χ2v) is 7.27. The second-order valence-electron chi connectivity index (χ2n) is 4.61. The average Bonchev–Trinajstić information content (AvgIpc) is 2.77. The summed E-state index contributed by atoms with van der Waals surface area (Å²) in [5.74, 6) is -1.16. The third-order valence-electron chi connectivity index (χ3n) is 2.73. The fourth-order valence-electron chi connectivity index (χ4n) is 1.77. The lowest BCUT2D eigenvalue weighted by molar-refractivity contribution is -0.117. The van der Waals surface area contributed by atoms with Gasteiger partial charge in [-0.15, -0.1) is 0 Å². The normalized spacial score (nSPS) is 11.0. The Morgan fingerprint density at radius 3 is 2.26 bits per heavy atom. The molecule has 0 atom stereocenters. The van der Waals surface area contributed by atoms with E-state index in [1.54, 1.807) is 6.92 Å². The number of amides is 2. The van der Waals surface area contributed by atoms with Gasteiger partial charge in [0.25, 0.3) is 15.9 Å². The summed E-state index contributed by atoms with van der Waals surface area (Å²) in [6.45, 7) is 2.70. The van der Waals surface area contributed by atoms with Crippen molar-refractivity contribution in [2.45, 2.75) is 18.7 Å². The van der Waals surface area contributed by atoms with E-state index in [1.807, 2.05) is 4.72 Å². The smallest absolute Gasteiger partial charge is 0.305 e. The maximum absolute atomic E-state index is 12.0. The summed E-state index contributed by atoms with van der Waals surface area (Å²) >= 11 is 0.789. The second kappa shape index (κ2) is 6.34. The quantitative estimate of drug-likeness (QED) is 0.749. The monoisotopic (exact) mass is 355 g/mol. The van der Waals surface area contributed by atoms with E-state index < -0.39 is 21.8 Å². The summed E-state index contributed by atoms with van der Waals surface area (Å²) in [5.41, 5.74) is 0.819. The minimum atomic E-state index is -3.92. The standard InChI is InChI=1S/C13H13N3O5S2/c1-7-11(22-13(19)14-7)12(18)15-9-3-5-10(6-4-9)23(20,21)16-8(2)17/h3-6H,1-2H3,(H,14,19)(H,15,18)(H,16,17). The molecule has 1 aromatic carbocycles. The van der Waals surface area contributed by atoms with Crippen molar-refractivity contribution >= 4 is 38.9 Å². The van der Waals surface area contributed by atoms with E-state index in [9.17, 15) is 22.8 Å². The maximum atomic E-state index is 12.0. The molecule has 0 bridgehead atoms. The lowest BCUT2D eigenvalue weighted by Crippen LogP contribution is -2.28. The first-order valence-electron chi connectivity index (χ1n) is 6.33. The number of aryl methyl sites for hydroxylation is 1. The van der Waals surface area contributed by atoms with E-state index in [0.29, 0.717) is 11.4 Å². The predicted octanol–water partition coefficient (Wildman–Crippen LogP) is 0.822. The number of sulfonamides is 1. The van der Waals surface area contributed by atoms with E-state index in [2.05, 4.69) is 10.3 Å². The van der Waals surface area contributed by atoms with Gasteiger partial charge in [0.1, 0.15) is 4.88 Å². The largest absolute Gasteiger partial charge is 0.321 e. The third kappa shape index (κ3) is 4.05. The molecule has 2 amide bonds. The summed E-state index contributed by atoms with van der Waals surface area (Å²) in [7, 11) is -3.92. The fourth-order valence-corrected chi connectivity index (χ4v) is 3.50. The van der Waals surface area contributed by atoms with Crippen LogP contribution in [-0.2, 0) is 14.8 Å². The first-order chi connectivity index (χ1) is 10.7. The van der Waals surface area contributed by atoms with E-state index in [-0.39, 0.29) is 14.6 Å². The third-order valence-corrected chi connectivity index (χ3v) is 5.16. The van der Waals surface area contributed by atoms with Crippen LogP contribution in [0, 0.1) is 6.92 Å². The Morgan fingerprint density at radius 2 is 1.78 bits per heavy atom. The molecule has 0 aliphatic heterocycles. The van der Waals surface area contributed by atoms with Gasteiger partial charge in [-0.3, -0.25) is 14.4 Å². The first-order valence-corrected chi connectivity index (χ1v) is 8.63. The van der Waals surface area contributed by atoms with Gasteiger partial charge in [0.05, 0.1) is 4.90 Å². The molecule has 0 saturated heterocycles. The molecule has 23 heavy (non-hydrogen) atoms. The SMILES string of the molecule is CC(=O)NS(=O)(=O)c1ccc(NC(=O)c2sc(=O)[nH]c2C)cc1. The molecule has 1 heterocycles. The van der Waals surface area contributed by atoms with Gasteiger partial charge >= 0.3 is 4.87 Å². The highest BCUT2D eigenvalue weighted by molar-refractivity contribution is 7.90. The molecule has 2 rings (SSSR count). The Balaban J connectivity index is 2.17. The Kier molecular flexibility index (Phi) is 4.66. The topological polar surface area (TPSA) is 125 Å². The van der Waals surface area contributed by atoms with Crippen LogP contribution in [0.5, 0.6) is 0 Å². The molecule has 8 nitrogen and oxygen atoms in total. The van der Waals surface area contributed by atoms with Gasteiger partial charge < -0.3 is 10.3 Å². The number of carbonyl (C=O) groups is 2. The number of nitrogens with one attached hydrogen (secondary N) is 3. The molecular formula is C13H13N3O5S2. The highest BCUT2D eigenvalue weighted by atomic mass is 32.2. The molecule has 3 N–H and O–H groups in total. The lowest BCUT2D eigenvalue weighted by atomic mass is 10.3. The van der Waals surface area contributed by atoms with Crippen LogP contribution in [0.4, 0.5) is 5.69 Å². The van der Waals surface area contributed by atoms with Gasteiger partial charge in [0.15, 0.2) is 0 Å². The number of rotatable bonds is 4. The number of hydrogen-bond donors (Lipinski definition) is 3. The van der Waals surface area contributed by atoms with Crippen molar-refractivity contribution < 1.29 is 18.0 Å². The highest BCUT2D eigenvalue weighted by Crippen LogP contribution is 2.16. The molecule has 0 spiro atoms. The van der Waals surface area contributed by atoms with Crippen LogP contribution in [0.15, 0.2) is 34.0 Å². The zero-order valence-electron chi connectivity index (χ0n) is 12.2. The molecule has 122 valence electrons. The molecule has 0 radical (unpaired) electrons. The molecule has 0 aliphatic rings. The van der Waals surface area contributed by atoms with Crippen molar-refractivity contribution in [2.75, 3.05) is 5.32 Å². The van der Waals surface area contributed by atoms with Crippen LogP contribution in [0.2, 0.25) is 0 Å². The number of benzene rings is 1. The molecule has 0 saturated carbocycles. The van der Waals surface area contributed by atoms with Crippen molar-refractivity contribution in [3.05, 3.63) is 44.5 Å². The Bertz CT molecular complexity index is 910. The summed E-state index contributed by atoms with van der Waals surface area (Å²) in [6, 6.07) is 5.29. The minimum Gasteiger partial charge on any atom is -0.321 e. The zero-order valence-corrected chi connectivity index (χ0v) is 13.8. The van der Waals surface area contributed by atoms with Gasteiger partial charge in [-0.05, 0) is 31.2 Å². The molecular weight excluding hydrogens is 342 g/mol. The first kappa shape index (κ1) is 16.9. The van der Waals surface area contributed by atoms with Crippen molar-refractivity contribution in [1.29, 1.82) is 0 Å². The number of carbonyl (C=O) groups excluding carboxylic acids is 2. The van der Waals surface area contributed by atoms with Crippen LogP contribution in [0.3, 0.4) is 0 Å². The van der Waals surface area contributed by atoms with Crippen LogP contribution < -0.4 is 14.9 Å². The highest BCUT2D eigenvalue weighted by Gasteiger charge is 2.16. The molecule has 0 fully saturated rings. The van der Waals surface area contributed by atoms with Gasteiger partial charge in [-0.1, -0.05) is 11.3 Å². The van der Waals surface area contributed by atoms with Gasteiger partial charge in [-0.25, -0.2) is 13.1 Å². The van der Waals surface area contributed by atoms with E-state index in [1.165, 1.54) is 24.3 Å². The number of thiazole rings is 1. The predicted molar refractivity (Wildman–Crippen MR) is 85.1 cm³/mol. The lowest BCUT2D eigenvalue weighted by Gasteiger charge is -2.07. The van der Waals surface area contributed by atoms with E-state index in [4.69, 9.17) is 0 Å². The summed E-state index contributed by atoms with van der Waals surface area (Å²) in [4.78, 5) is 36.4. The van der Waals surface area contributed by atoms with Crippen LogP contribution >= 0.6 is 11.3 Å². The Labute approximate surface area is 135 Å². The van der Waals surface area contributed by atoms with Crippen molar-refractivity contribution in [3.8, 4) is 0 Å². The van der Waals surface area contributed by atoms with E-state index in [0.717, 1.165) is 18.3 Å². The molecule has 0 aliphatic carbocycles. The van der Waals surface area contributed by atoms with Crippen LogP contribution in [-0.4, -0.2) is 25.2 Å². The number of H-pyrrole nitrogens is 1. The summed E-state index contributed by atoms with van der Waals surface area (Å²) in [5, 5.41) is 2.56. The van der Waals surface area contributed by atoms with Crippen LogP contribution in [0.1, 0.15) is 22.3 Å². The molecule has 0 unspecified atom stereocenters. The van der Waals surface area contributed by atoms with Gasteiger partial charge in [0.2, 0.25) is 5.91 Å². The van der Waals surface area contributed by atoms with Gasteiger partial charge in [-0.2, -0.15) is 0 Å². The molecule has 10 heteroatoms. The van der Waals surface area contributed by atoms with Crippen molar-refractivity contribution in [3.63, 3.8) is 0 Å². The van der Waals surface area contributed by atoms with Crippen molar-refractivity contribution in [1.82, 2.24) is 9.71 Å². The zero-order chi connectivity index (χ0) is 17.2. The number of anilines is 1. The van der Waals surface area contributed by atoms with E-state index >= 15 is 0 Å². The minimum absolute atomic E-state index is 0.104. The van der Waals surface area contributed by atoms with Gasteiger partial charge in [0, 0.05) is 18.3 Å². The average molecular weight is 355 g/mol. The number of hydrogen-bond acceptors (Lipinski definition) is 6. The number of aromatic amines is 1. The van der Waals surface area contributed by atoms with Crippen LogP contribution in [0.25, 0.3) is 0 Å². The Hall–Kier alpha value is -2.46. The summed E-state index contributed by atoms with van der Waals surface area (Å²) < 4.78 is 25.4. The Morgan fingerprint density at radius 1 is 1.17 bits per heavy atom. The maximum Gasteiger partial charge on any atom is 0.305 e. The summed E-state index contributed by atoms with van der Waals surface area (Å²) in [6.07, 6.45) is 0. The number of aromatic nitrogens is 1. The molecule has 2 aromatic rings. The van der Waals surface area contributed by atoms with Crippen molar-refractivity contribution in [2.24, 2.45) is 0 Å². The fraction of sp³-hybridized carbons (Fsp3) is 0.154. The molecule has 1 aromatic heterocycles.